The Labute approximate surface area is 167 Å². The maximum absolute atomic E-state index is 12.7. The maximum atomic E-state index is 12.7. The van der Waals surface area contributed by atoms with Gasteiger partial charge in [0.05, 0.1) is 18.8 Å². The zero-order valence-corrected chi connectivity index (χ0v) is 16.9. The number of methoxy groups -OCH3 is 1. The molecule has 1 aromatic carbocycles. The number of nitrogens with one attached hydrogen (secondary N) is 2. The van der Waals surface area contributed by atoms with E-state index in [1.807, 2.05) is 0 Å². The number of hydrogen-bond acceptors (Lipinski definition) is 6. The molecule has 2 amide bonds. The van der Waals surface area contributed by atoms with Crippen LogP contribution >= 0.6 is 11.3 Å². The summed E-state index contributed by atoms with van der Waals surface area (Å²) >= 11 is 1.30. The minimum Gasteiger partial charge on any atom is -0.497 e. The van der Waals surface area contributed by atoms with Crippen LogP contribution in [0.1, 0.15) is 40.0 Å². The number of amides is 2. The average molecular weight is 424 g/mol. The van der Waals surface area contributed by atoms with Crippen LogP contribution in [0.25, 0.3) is 0 Å². The number of nitrogens with zero attached hydrogens (tertiary/aromatic N) is 1. The highest BCUT2D eigenvalue weighted by Crippen LogP contribution is 2.20. The highest BCUT2D eigenvalue weighted by molar-refractivity contribution is 7.87. The Bertz CT molecular complexity index is 927. The smallest absolute Gasteiger partial charge is 0.305 e. The second-order valence-corrected chi connectivity index (χ2v) is 8.68. The summed E-state index contributed by atoms with van der Waals surface area (Å²) in [5, 5.41) is 6.02. The Hall–Kier alpha value is -2.43. The van der Waals surface area contributed by atoms with Crippen LogP contribution in [0.2, 0.25) is 0 Å². The summed E-state index contributed by atoms with van der Waals surface area (Å²) in [6.07, 6.45) is 1.17. The fraction of sp³-hybridized carbons (Fsp3) is 0.333. The molecule has 1 saturated heterocycles. The standard InChI is InChI=1S/C18H21N3O5S2/c1-26-15-7-5-13(6-8-15)17(22)19-16-4-2-3-10-21(16)28(24,25)20-18(23)14-9-11-27-12-14/h5-9,11-12,16H,2-4,10H2,1H3,(H,19,22)(H,20,23). The van der Waals surface area contributed by atoms with E-state index in [2.05, 4.69) is 10.0 Å². The van der Waals surface area contributed by atoms with Crippen molar-refractivity contribution in [2.45, 2.75) is 25.4 Å². The number of rotatable bonds is 6. The molecule has 28 heavy (non-hydrogen) atoms. The number of hydrogen-bond donors (Lipinski definition) is 2. The Kier molecular flexibility index (Phi) is 6.32. The van der Waals surface area contributed by atoms with Gasteiger partial charge in [-0.25, -0.2) is 4.72 Å². The minimum atomic E-state index is -4.09. The van der Waals surface area contributed by atoms with Gasteiger partial charge >= 0.3 is 10.2 Å². The molecule has 1 atom stereocenters. The van der Waals surface area contributed by atoms with Crippen molar-refractivity contribution in [3.05, 3.63) is 52.2 Å². The van der Waals surface area contributed by atoms with Gasteiger partial charge < -0.3 is 10.1 Å². The predicted molar refractivity (Wildman–Crippen MR) is 106 cm³/mol. The van der Waals surface area contributed by atoms with E-state index < -0.39 is 22.3 Å². The van der Waals surface area contributed by atoms with Crippen LogP contribution in [-0.4, -0.2) is 44.4 Å². The fourth-order valence-electron chi connectivity index (χ4n) is 2.94. The first kappa shape index (κ1) is 20.3. The van der Waals surface area contributed by atoms with Gasteiger partial charge in [-0.3, -0.25) is 9.59 Å². The summed E-state index contributed by atoms with van der Waals surface area (Å²) in [4.78, 5) is 24.7. The first-order valence-corrected chi connectivity index (χ1v) is 11.1. The Morgan fingerprint density at radius 3 is 2.50 bits per heavy atom. The van der Waals surface area contributed by atoms with E-state index in [1.54, 1.807) is 41.1 Å². The summed E-state index contributed by atoms with van der Waals surface area (Å²) in [6.45, 7) is 0.222. The molecule has 1 unspecified atom stereocenters. The van der Waals surface area contributed by atoms with Crippen LogP contribution in [0.5, 0.6) is 5.75 Å². The lowest BCUT2D eigenvalue weighted by Gasteiger charge is -2.34. The van der Waals surface area contributed by atoms with Crippen LogP contribution in [0.15, 0.2) is 41.1 Å². The van der Waals surface area contributed by atoms with E-state index in [-0.39, 0.29) is 18.0 Å². The van der Waals surface area contributed by atoms with Gasteiger partial charge in [0.25, 0.3) is 11.8 Å². The molecule has 1 aromatic heterocycles. The molecule has 0 saturated carbocycles. The van der Waals surface area contributed by atoms with Crippen LogP contribution < -0.4 is 14.8 Å². The molecule has 1 aliphatic heterocycles. The predicted octanol–water partition coefficient (Wildman–Crippen LogP) is 1.97. The van der Waals surface area contributed by atoms with E-state index >= 15 is 0 Å². The quantitative estimate of drug-likeness (QED) is 0.739. The fourth-order valence-corrected chi connectivity index (χ4v) is 4.91. The first-order chi connectivity index (χ1) is 13.4. The molecule has 0 bridgehead atoms. The lowest BCUT2D eigenvalue weighted by atomic mass is 10.1. The van der Waals surface area contributed by atoms with Crippen LogP contribution in [0.3, 0.4) is 0 Å². The highest BCUT2D eigenvalue weighted by atomic mass is 32.2. The molecule has 10 heteroatoms. The van der Waals surface area contributed by atoms with Crippen molar-refractivity contribution >= 4 is 33.4 Å². The number of carbonyl (C=O) groups is 2. The first-order valence-electron chi connectivity index (χ1n) is 8.72. The van der Waals surface area contributed by atoms with Crippen molar-refractivity contribution in [2.24, 2.45) is 0 Å². The third-order valence-electron chi connectivity index (χ3n) is 4.42. The molecule has 0 radical (unpaired) electrons. The van der Waals surface area contributed by atoms with Crippen molar-refractivity contribution in [3.63, 3.8) is 0 Å². The van der Waals surface area contributed by atoms with Gasteiger partial charge in [-0.2, -0.15) is 24.1 Å². The lowest BCUT2D eigenvalue weighted by Crippen LogP contribution is -2.56. The van der Waals surface area contributed by atoms with Gasteiger partial charge in [0.2, 0.25) is 0 Å². The number of thiophene rings is 1. The van der Waals surface area contributed by atoms with E-state index in [9.17, 15) is 18.0 Å². The molecule has 150 valence electrons. The lowest BCUT2D eigenvalue weighted by molar-refractivity contribution is 0.0882. The van der Waals surface area contributed by atoms with Crippen molar-refractivity contribution in [3.8, 4) is 5.75 Å². The highest BCUT2D eigenvalue weighted by Gasteiger charge is 2.34. The normalized spacial score (nSPS) is 17.7. The van der Waals surface area contributed by atoms with Gasteiger partial charge in [0.15, 0.2) is 0 Å². The number of carbonyl (C=O) groups excluding carboxylic acids is 2. The molecular formula is C18H21N3O5S2. The van der Waals surface area contributed by atoms with E-state index in [0.717, 1.165) is 10.7 Å². The molecule has 2 aromatic rings. The Morgan fingerprint density at radius 1 is 1.11 bits per heavy atom. The molecule has 1 fully saturated rings. The molecule has 0 spiro atoms. The summed E-state index contributed by atoms with van der Waals surface area (Å²) in [6, 6.07) is 8.08. The van der Waals surface area contributed by atoms with Crippen molar-refractivity contribution in [2.75, 3.05) is 13.7 Å². The van der Waals surface area contributed by atoms with E-state index in [0.29, 0.717) is 24.2 Å². The molecule has 8 nitrogen and oxygen atoms in total. The summed E-state index contributed by atoms with van der Waals surface area (Å²) in [5.41, 5.74) is 0.676. The zero-order chi connectivity index (χ0) is 20.1. The van der Waals surface area contributed by atoms with Gasteiger partial charge in [-0.15, -0.1) is 0 Å². The molecule has 3 rings (SSSR count). The molecule has 1 aliphatic rings. The topological polar surface area (TPSA) is 105 Å². The van der Waals surface area contributed by atoms with Crippen molar-refractivity contribution < 1.29 is 22.7 Å². The van der Waals surface area contributed by atoms with Crippen LogP contribution in [0, 0.1) is 0 Å². The number of benzene rings is 1. The third kappa shape index (κ3) is 4.70. The van der Waals surface area contributed by atoms with Crippen molar-refractivity contribution in [1.82, 2.24) is 14.3 Å². The largest absolute Gasteiger partial charge is 0.497 e. The van der Waals surface area contributed by atoms with E-state index in [1.165, 1.54) is 18.4 Å². The Morgan fingerprint density at radius 2 is 1.86 bits per heavy atom. The van der Waals surface area contributed by atoms with Gasteiger partial charge in [0.1, 0.15) is 5.75 Å². The maximum Gasteiger partial charge on any atom is 0.305 e. The van der Waals surface area contributed by atoms with E-state index in [4.69, 9.17) is 4.74 Å². The second-order valence-electron chi connectivity index (χ2n) is 6.27. The van der Waals surface area contributed by atoms with Crippen LogP contribution in [0.4, 0.5) is 0 Å². The van der Waals surface area contributed by atoms with Gasteiger partial charge in [-0.05, 0) is 55.0 Å². The van der Waals surface area contributed by atoms with Gasteiger partial charge in [-0.1, -0.05) is 0 Å². The monoisotopic (exact) mass is 423 g/mol. The van der Waals surface area contributed by atoms with Gasteiger partial charge in [0, 0.05) is 17.5 Å². The second kappa shape index (κ2) is 8.72. The summed E-state index contributed by atoms with van der Waals surface area (Å²) in [7, 11) is -2.56. The zero-order valence-electron chi connectivity index (χ0n) is 15.3. The summed E-state index contributed by atoms with van der Waals surface area (Å²) in [5.74, 6) is -0.458. The average Bonchev–Trinajstić information content (AvgIpc) is 3.23. The minimum absolute atomic E-state index is 0.222. The molecule has 0 aliphatic carbocycles. The third-order valence-corrected chi connectivity index (χ3v) is 6.60. The Balaban J connectivity index is 1.72. The molecule has 2 N–H and O–H groups in total. The number of piperidine rings is 1. The SMILES string of the molecule is COc1ccc(C(=O)NC2CCCCN2S(=O)(=O)NC(=O)c2ccsc2)cc1. The molecule has 2 heterocycles. The molecular weight excluding hydrogens is 402 g/mol. The van der Waals surface area contributed by atoms with Crippen molar-refractivity contribution in [1.29, 1.82) is 0 Å². The van der Waals surface area contributed by atoms with Crippen LogP contribution in [-0.2, 0) is 10.2 Å². The number of ether oxygens (including phenoxy) is 1. The summed E-state index contributed by atoms with van der Waals surface area (Å²) < 4.78 is 33.8.